The molecule has 0 bridgehead atoms. The van der Waals surface area contributed by atoms with Gasteiger partial charge in [-0.2, -0.15) is 0 Å². The summed E-state index contributed by atoms with van der Waals surface area (Å²) in [5, 5.41) is 23.0. The van der Waals surface area contributed by atoms with Gasteiger partial charge in [0.2, 0.25) is 5.91 Å². The van der Waals surface area contributed by atoms with Crippen LogP contribution in [0.2, 0.25) is 0 Å². The summed E-state index contributed by atoms with van der Waals surface area (Å²) in [6.45, 7) is 4.32. The molecule has 0 aromatic heterocycles. The van der Waals surface area contributed by atoms with Gasteiger partial charge in [0.1, 0.15) is 0 Å². The molecule has 0 aromatic rings. The Bertz CT molecular complexity index is 720. The number of aliphatic hydroxyl groups excluding tert-OH is 2. The predicted octanol–water partition coefficient (Wildman–Crippen LogP) is 14.0. The molecule has 4 heteroatoms. The first-order chi connectivity index (χ1) is 24.7. The third-order valence-electron chi connectivity index (χ3n) is 10.4. The highest BCUT2D eigenvalue weighted by molar-refractivity contribution is 5.76. The van der Waals surface area contributed by atoms with Gasteiger partial charge in [0.15, 0.2) is 0 Å². The van der Waals surface area contributed by atoms with Crippen LogP contribution in [0.15, 0.2) is 24.3 Å². The minimum absolute atomic E-state index is 0.0666. The third kappa shape index (κ3) is 38.1. The summed E-state index contributed by atoms with van der Waals surface area (Å²) in [6.07, 6.45) is 54.3. The van der Waals surface area contributed by atoms with Crippen LogP contribution in [0, 0.1) is 0 Å². The molecule has 2 atom stereocenters. The molecule has 0 aliphatic heterocycles. The van der Waals surface area contributed by atoms with Crippen LogP contribution in [-0.4, -0.2) is 34.9 Å². The van der Waals surface area contributed by atoms with Crippen LogP contribution in [0.3, 0.4) is 0 Å². The zero-order valence-electron chi connectivity index (χ0n) is 33.9. The first-order valence-electron chi connectivity index (χ1n) is 22.6. The summed E-state index contributed by atoms with van der Waals surface area (Å²) in [7, 11) is 0. The summed E-state index contributed by atoms with van der Waals surface area (Å²) in [5.41, 5.74) is 0. The van der Waals surface area contributed by atoms with Crippen molar-refractivity contribution in [3.63, 3.8) is 0 Å². The van der Waals surface area contributed by atoms with Crippen molar-refractivity contribution in [3.8, 4) is 0 Å². The maximum absolute atomic E-state index is 12.4. The lowest BCUT2D eigenvalue weighted by molar-refractivity contribution is -0.123. The molecule has 0 spiro atoms. The van der Waals surface area contributed by atoms with E-state index in [1.54, 1.807) is 6.08 Å². The topological polar surface area (TPSA) is 69.6 Å². The first kappa shape index (κ1) is 48.9. The van der Waals surface area contributed by atoms with Gasteiger partial charge in [-0.05, 0) is 44.9 Å². The van der Waals surface area contributed by atoms with Gasteiger partial charge >= 0.3 is 0 Å². The van der Waals surface area contributed by atoms with Gasteiger partial charge in [0, 0.05) is 6.42 Å². The monoisotopic (exact) mass is 704 g/mol. The van der Waals surface area contributed by atoms with Crippen LogP contribution in [-0.2, 0) is 4.79 Å². The molecule has 0 radical (unpaired) electrons. The van der Waals surface area contributed by atoms with Crippen LogP contribution >= 0.6 is 0 Å². The van der Waals surface area contributed by atoms with Crippen molar-refractivity contribution in [2.75, 3.05) is 6.61 Å². The summed E-state index contributed by atoms with van der Waals surface area (Å²) >= 11 is 0. The van der Waals surface area contributed by atoms with E-state index < -0.39 is 12.1 Å². The highest BCUT2D eigenvalue weighted by Crippen LogP contribution is 2.16. The number of carbonyl (C=O) groups excluding carboxylic acids is 1. The number of allylic oxidation sites excluding steroid dienone is 3. The molecule has 0 saturated heterocycles. The van der Waals surface area contributed by atoms with Crippen LogP contribution < -0.4 is 5.32 Å². The fourth-order valence-corrected chi connectivity index (χ4v) is 6.94. The Balaban J connectivity index is 3.55. The fraction of sp³-hybridized carbons (Fsp3) is 0.891. The average Bonchev–Trinajstić information content (AvgIpc) is 3.12. The summed E-state index contributed by atoms with van der Waals surface area (Å²) in [4.78, 5) is 12.4. The number of rotatable bonds is 41. The highest BCUT2D eigenvalue weighted by atomic mass is 16.3. The number of nitrogens with one attached hydrogen (secondary N) is 1. The Labute approximate surface area is 313 Å². The van der Waals surface area contributed by atoms with Crippen molar-refractivity contribution in [3.05, 3.63) is 24.3 Å². The molecule has 3 N–H and O–H groups in total. The standard InChI is InChI=1S/C46H89NO3/c1-3-5-7-9-11-13-15-17-19-21-22-23-24-26-27-29-31-33-35-37-39-41-45(49)44(43-48)47-46(50)42-40-38-36-34-32-30-28-25-20-18-16-14-12-10-8-6-4-2/h18,20,39,41,44-45,48-49H,3-17,19,21-38,40,42-43H2,1-2H3,(H,47,50)/b20-18-,41-39+. The predicted molar refractivity (Wildman–Crippen MR) is 221 cm³/mol. The number of hydrogen-bond donors (Lipinski definition) is 3. The van der Waals surface area contributed by atoms with Crippen molar-refractivity contribution >= 4 is 5.91 Å². The minimum Gasteiger partial charge on any atom is -0.394 e. The second-order valence-electron chi connectivity index (χ2n) is 15.5. The SMILES string of the molecule is CCCCCCCC/C=C\CCCCCCCCCC(=O)NC(CO)C(O)/C=C/CCCCCCCCCCCCCCCCCCCCC. The van der Waals surface area contributed by atoms with E-state index in [-0.39, 0.29) is 12.5 Å². The molecule has 1 amide bonds. The molecule has 50 heavy (non-hydrogen) atoms. The smallest absolute Gasteiger partial charge is 0.220 e. The molecule has 0 rings (SSSR count). The van der Waals surface area contributed by atoms with E-state index in [1.165, 1.54) is 199 Å². The Kier molecular flexibility index (Phi) is 41.3. The zero-order valence-corrected chi connectivity index (χ0v) is 33.9. The van der Waals surface area contributed by atoms with E-state index in [0.29, 0.717) is 6.42 Å². The number of aliphatic hydroxyl groups is 2. The quantitative estimate of drug-likeness (QED) is 0.0438. The molecule has 0 heterocycles. The first-order valence-corrected chi connectivity index (χ1v) is 22.6. The van der Waals surface area contributed by atoms with Gasteiger partial charge in [-0.1, -0.05) is 218 Å². The van der Waals surface area contributed by atoms with Gasteiger partial charge in [-0.15, -0.1) is 0 Å². The lowest BCUT2D eigenvalue weighted by Gasteiger charge is -2.20. The number of hydrogen-bond acceptors (Lipinski definition) is 3. The van der Waals surface area contributed by atoms with E-state index in [2.05, 4.69) is 31.3 Å². The van der Waals surface area contributed by atoms with Crippen molar-refractivity contribution in [2.24, 2.45) is 0 Å². The molecule has 0 aromatic carbocycles. The van der Waals surface area contributed by atoms with Gasteiger partial charge in [-0.3, -0.25) is 4.79 Å². The molecule has 0 aliphatic rings. The second-order valence-corrected chi connectivity index (χ2v) is 15.5. The average molecular weight is 704 g/mol. The molecule has 0 aliphatic carbocycles. The van der Waals surface area contributed by atoms with Crippen molar-refractivity contribution in [1.29, 1.82) is 0 Å². The molecule has 296 valence electrons. The van der Waals surface area contributed by atoms with Crippen LogP contribution in [0.1, 0.15) is 245 Å². The van der Waals surface area contributed by atoms with Crippen molar-refractivity contribution in [1.82, 2.24) is 5.32 Å². The van der Waals surface area contributed by atoms with Crippen molar-refractivity contribution < 1.29 is 15.0 Å². The Morgan fingerprint density at radius 3 is 1.10 bits per heavy atom. The molecular formula is C46H89NO3. The maximum atomic E-state index is 12.4. The molecule has 2 unspecified atom stereocenters. The van der Waals surface area contributed by atoms with Crippen LogP contribution in [0.25, 0.3) is 0 Å². The molecular weight excluding hydrogens is 615 g/mol. The Morgan fingerprint density at radius 1 is 0.460 bits per heavy atom. The highest BCUT2D eigenvalue weighted by Gasteiger charge is 2.17. The molecule has 4 nitrogen and oxygen atoms in total. The summed E-state index contributed by atoms with van der Waals surface area (Å²) in [6, 6.07) is -0.622. The second kappa shape index (κ2) is 42.3. The van der Waals surface area contributed by atoms with Gasteiger partial charge < -0.3 is 15.5 Å². The maximum Gasteiger partial charge on any atom is 0.220 e. The number of unbranched alkanes of at least 4 members (excludes halogenated alkanes) is 32. The molecule has 0 fully saturated rings. The third-order valence-corrected chi connectivity index (χ3v) is 10.4. The normalized spacial score (nSPS) is 13.1. The largest absolute Gasteiger partial charge is 0.394 e. The number of carbonyl (C=O) groups is 1. The summed E-state index contributed by atoms with van der Waals surface area (Å²) < 4.78 is 0. The zero-order chi connectivity index (χ0) is 36.4. The fourth-order valence-electron chi connectivity index (χ4n) is 6.94. The number of amides is 1. The summed E-state index contributed by atoms with van der Waals surface area (Å²) in [5.74, 6) is -0.0666. The van der Waals surface area contributed by atoms with E-state index >= 15 is 0 Å². The van der Waals surface area contributed by atoms with Gasteiger partial charge in [0.05, 0.1) is 18.8 Å². The van der Waals surface area contributed by atoms with Crippen molar-refractivity contribution in [2.45, 2.75) is 257 Å². The van der Waals surface area contributed by atoms with Gasteiger partial charge in [-0.25, -0.2) is 0 Å². The molecule has 0 saturated carbocycles. The van der Waals surface area contributed by atoms with Gasteiger partial charge in [0.25, 0.3) is 0 Å². The van der Waals surface area contributed by atoms with E-state index in [9.17, 15) is 15.0 Å². The Hall–Kier alpha value is -1.13. The van der Waals surface area contributed by atoms with E-state index in [1.807, 2.05) is 6.08 Å². The minimum atomic E-state index is -0.838. The van der Waals surface area contributed by atoms with E-state index in [0.717, 1.165) is 25.7 Å². The van der Waals surface area contributed by atoms with E-state index in [4.69, 9.17) is 0 Å². The Morgan fingerprint density at radius 2 is 0.760 bits per heavy atom. The lowest BCUT2D eigenvalue weighted by Crippen LogP contribution is -2.45. The van der Waals surface area contributed by atoms with Crippen LogP contribution in [0.5, 0.6) is 0 Å². The van der Waals surface area contributed by atoms with Crippen LogP contribution in [0.4, 0.5) is 0 Å². The lowest BCUT2D eigenvalue weighted by atomic mass is 10.0.